The predicted octanol–water partition coefficient (Wildman–Crippen LogP) is 3.01. The van der Waals surface area contributed by atoms with Crippen LogP contribution in [0.25, 0.3) is 0 Å². The largest absolute Gasteiger partial charge is 0.497 e. The van der Waals surface area contributed by atoms with Crippen LogP contribution >= 0.6 is 11.6 Å². The van der Waals surface area contributed by atoms with Crippen LogP contribution in [0.15, 0.2) is 53.4 Å². The van der Waals surface area contributed by atoms with Gasteiger partial charge >= 0.3 is 0 Å². The Bertz CT molecular complexity index is 764. The molecular formula is C16H18ClNO4S. The molecule has 0 heterocycles. The SMILES string of the molecule is COc1cccc(C(CNS(=O)(=O)c2cccc(Cl)c2)OC)c1. The molecule has 0 amide bonds. The van der Waals surface area contributed by atoms with Crippen molar-refractivity contribution in [1.82, 2.24) is 4.72 Å². The molecule has 0 saturated heterocycles. The highest BCUT2D eigenvalue weighted by atomic mass is 35.5. The number of halogens is 1. The third-order valence-corrected chi connectivity index (χ3v) is 4.97. The number of nitrogens with one attached hydrogen (secondary N) is 1. The fraction of sp³-hybridized carbons (Fsp3) is 0.250. The molecule has 23 heavy (non-hydrogen) atoms. The maximum absolute atomic E-state index is 12.3. The normalized spacial score (nSPS) is 12.8. The molecule has 0 aliphatic rings. The summed E-state index contributed by atoms with van der Waals surface area (Å²) in [5.41, 5.74) is 0.820. The van der Waals surface area contributed by atoms with Crippen LogP contribution in [-0.4, -0.2) is 29.2 Å². The van der Waals surface area contributed by atoms with E-state index in [9.17, 15) is 8.42 Å². The van der Waals surface area contributed by atoms with Crippen LogP contribution in [0.3, 0.4) is 0 Å². The van der Waals surface area contributed by atoms with Gasteiger partial charge in [-0.3, -0.25) is 0 Å². The second-order valence-corrected chi connectivity index (χ2v) is 7.01. The Balaban J connectivity index is 2.13. The molecule has 1 unspecified atom stereocenters. The van der Waals surface area contributed by atoms with Crippen molar-refractivity contribution in [1.29, 1.82) is 0 Å². The van der Waals surface area contributed by atoms with Crippen LogP contribution in [0.4, 0.5) is 0 Å². The van der Waals surface area contributed by atoms with Crippen LogP contribution in [0.1, 0.15) is 11.7 Å². The van der Waals surface area contributed by atoms with Gasteiger partial charge in [0.2, 0.25) is 10.0 Å². The van der Waals surface area contributed by atoms with Crippen LogP contribution in [0.5, 0.6) is 5.75 Å². The molecule has 0 radical (unpaired) electrons. The molecule has 0 aromatic heterocycles. The Labute approximate surface area is 141 Å². The van der Waals surface area contributed by atoms with E-state index in [1.54, 1.807) is 19.2 Å². The van der Waals surface area contributed by atoms with Crippen molar-refractivity contribution in [3.8, 4) is 5.75 Å². The molecule has 2 aromatic carbocycles. The molecule has 0 aliphatic carbocycles. The Hall–Kier alpha value is -1.60. The molecular weight excluding hydrogens is 338 g/mol. The van der Waals surface area contributed by atoms with Gasteiger partial charge in [0.1, 0.15) is 5.75 Å². The van der Waals surface area contributed by atoms with Crippen LogP contribution in [-0.2, 0) is 14.8 Å². The van der Waals surface area contributed by atoms with E-state index in [1.807, 2.05) is 24.3 Å². The second-order valence-electron chi connectivity index (χ2n) is 4.81. The fourth-order valence-corrected chi connectivity index (χ4v) is 3.41. The van der Waals surface area contributed by atoms with Gasteiger partial charge in [0.25, 0.3) is 0 Å². The van der Waals surface area contributed by atoms with Crippen LogP contribution in [0, 0.1) is 0 Å². The smallest absolute Gasteiger partial charge is 0.240 e. The minimum absolute atomic E-state index is 0.0957. The van der Waals surface area contributed by atoms with E-state index < -0.39 is 16.1 Å². The predicted molar refractivity (Wildman–Crippen MR) is 89.4 cm³/mol. The topological polar surface area (TPSA) is 64.6 Å². The maximum Gasteiger partial charge on any atom is 0.240 e. The average Bonchev–Trinajstić information content (AvgIpc) is 2.55. The fourth-order valence-electron chi connectivity index (χ4n) is 2.08. The highest BCUT2D eigenvalue weighted by Crippen LogP contribution is 2.22. The summed E-state index contributed by atoms with van der Waals surface area (Å²) in [7, 11) is -0.559. The summed E-state index contributed by atoms with van der Waals surface area (Å²) >= 11 is 5.84. The zero-order valence-electron chi connectivity index (χ0n) is 12.8. The van der Waals surface area contributed by atoms with Crippen molar-refractivity contribution in [2.24, 2.45) is 0 Å². The quantitative estimate of drug-likeness (QED) is 0.829. The lowest BCUT2D eigenvalue weighted by Crippen LogP contribution is -2.29. The first-order chi connectivity index (χ1) is 11.0. The molecule has 0 saturated carbocycles. The summed E-state index contributed by atoms with van der Waals surface area (Å²) in [6.45, 7) is 0.0957. The molecule has 0 fully saturated rings. The van der Waals surface area contributed by atoms with Gasteiger partial charge in [0, 0.05) is 18.7 Å². The van der Waals surface area contributed by atoms with E-state index in [0.29, 0.717) is 10.8 Å². The first kappa shape index (κ1) is 17.7. The number of benzene rings is 2. The first-order valence-electron chi connectivity index (χ1n) is 6.88. The van der Waals surface area contributed by atoms with Gasteiger partial charge in [-0.15, -0.1) is 0 Å². The minimum Gasteiger partial charge on any atom is -0.497 e. The van der Waals surface area contributed by atoms with Crippen molar-refractivity contribution in [2.75, 3.05) is 20.8 Å². The Kier molecular flexibility index (Phi) is 6.01. The molecule has 1 atom stereocenters. The van der Waals surface area contributed by atoms with E-state index in [1.165, 1.54) is 19.2 Å². The molecule has 7 heteroatoms. The van der Waals surface area contributed by atoms with Gasteiger partial charge in [-0.1, -0.05) is 29.8 Å². The van der Waals surface area contributed by atoms with Crippen molar-refractivity contribution < 1.29 is 17.9 Å². The molecule has 0 spiro atoms. The molecule has 1 N–H and O–H groups in total. The molecule has 0 bridgehead atoms. The zero-order chi connectivity index (χ0) is 16.9. The van der Waals surface area contributed by atoms with Crippen molar-refractivity contribution in [3.63, 3.8) is 0 Å². The standard InChI is InChI=1S/C16H18ClNO4S/c1-21-14-7-3-5-12(9-14)16(22-2)11-18-23(19,20)15-8-4-6-13(17)10-15/h3-10,16,18H,11H2,1-2H3. The summed E-state index contributed by atoms with van der Waals surface area (Å²) in [5.74, 6) is 0.683. The van der Waals surface area contributed by atoms with Crippen molar-refractivity contribution in [2.45, 2.75) is 11.0 Å². The Morgan fingerprint density at radius 1 is 1.13 bits per heavy atom. The van der Waals surface area contributed by atoms with Gasteiger partial charge in [0.05, 0.1) is 18.1 Å². The summed E-state index contributed by atoms with van der Waals surface area (Å²) in [4.78, 5) is 0.116. The van der Waals surface area contributed by atoms with E-state index in [0.717, 1.165) is 5.56 Å². The zero-order valence-corrected chi connectivity index (χ0v) is 14.4. The third-order valence-electron chi connectivity index (χ3n) is 3.32. The van der Waals surface area contributed by atoms with Gasteiger partial charge in [-0.05, 0) is 35.9 Å². The van der Waals surface area contributed by atoms with Crippen molar-refractivity contribution in [3.05, 3.63) is 59.1 Å². The maximum atomic E-state index is 12.3. The number of rotatable bonds is 7. The summed E-state index contributed by atoms with van der Waals surface area (Å²) < 4.78 is 37.7. The van der Waals surface area contributed by atoms with Crippen LogP contribution < -0.4 is 9.46 Å². The molecule has 2 rings (SSSR count). The highest BCUT2D eigenvalue weighted by molar-refractivity contribution is 7.89. The monoisotopic (exact) mass is 355 g/mol. The molecule has 5 nitrogen and oxygen atoms in total. The third kappa shape index (κ3) is 4.68. The second kappa shape index (κ2) is 7.79. The van der Waals surface area contributed by atoms with Crippen LogP contribution in [0.2, 0.25) is 5.02 Å². The van der Waals surface area contributed by atoms with Gasteiger partial charge < -0.3 is 9.47 Å². The van der Waals surface area contributed by atoms with Gasteiger partial charge in [-0.2, -0.15) is 0 Å². The lowest BCUT2D eigenvalue weighted by atomic mass is 10.1. The van der Waals surface area contributed by atoms with Gasteiger partial charge in [-0.25, -0.2) is 13.1 Å². The Morgan fingerprint density at radius 3 is 2.52 bits per heavy atom. The highest BCUT2D eigenvalue weighted by Gasteiger charge is 2.18. The number of hydrogen-bond donors (Lipinski definition) is 1. The van der Waals surface area contributed by atoms with E-state index in [4.69, 9.17) is 21.1 Å². The van der Waals surface area contributed by atoms with Gasteiger partial charge in [0.15, 0.2) is 0 Å². The number of ether oxygens (including phenoxy) is 2. The summed E-state index contributed by atoms with van der Waals surface area (Å²) in [6, 6.07) is 13.4. The minimum atomic E-state index is -3.66. The number of hydrogen-bond acceptors (Lipinski definition) is 4. The number of sulfonamides is 1. The number of methoxy groups -OCH3 is 2. The molecule has 2 aromatic rings. The lowest BCUT2D eigenvalue weighted by Gasteiger charge is -2.17. The summed E-state index contributed by atoms with van der Waals surface area (Å²) in [5, 5.41) is 0.365. The Morgan fingerprint density at radius 2 is 1.87 bits per heavy atom. The summed E-state index contributed by atoms with van der Waals surface area (Å²) in [6.07, 6.45) is -0.431. The first-order valence-corrected chi connectivity index (χ1v) is 8.74. The van der Waals surface area contributed by atoms with E-state index >= 15 is 0 Å². The molecule has 124 valence electrons. The van der Waals surface area contributed by atoms with Crippen molar-refractivity contribution >= 4 is 21.6 Å². The van der Waals surface area contributed by atoms with E-state index in [2.05, 4.69) is 4.72 Å². The average molecular weight is 356 g/mol. The lowest BCUT2D eigenvalue weighted by molar-refractivity contribution is 0.107. The molecule has 0 aliphatic heterocycles. The van der Waals surface area contributed by atoms with E-state index in [-0.39, 0.29) is 11.4 Å².